The van der Waals surface area contributed by atoms with E-state index in [-0.39, 0.29) is 30.7 Å². The highest BCUT2D eigenvalue weighted by Gasteiger charge is 2.26. The van der Waals surface area contributed by atoms with Crippen LogP contribution in [0, 0.1) is 0 Å². The van der Waals surface area contributed by atoms with Crippen molar-refractivity contribution in [2.75, 3.05) is 11.9 Å². The number of hydrogen-bond acceptors (Lipinski definition) is 5. The number of amides is 3. The molecule has 4 N–H and O–H groups in total. The van der Waals surface area contributed by atoms with Gasteiger partial charge in [-0.3, -0.25) is 14.4 Å². The van der Waals surface area contributed by atoms with Crippen molar-refractivity contribution in [1.82, 2.24) is 14.9 Å². The smallest absolute Gasteiger partial charge is 0.271 e. The highest BCUT2D eigenvalue weighted by Crippen LogP contribution is 2.35. The highest BCUT2D eigenvalue weighted by molar-refractivity contribution is 6.07. The number of pyridine rings is 1. The summed E-state index contributed by atoms with van der Waals surface area (Å²) in [6, 6.07) is 10.7. The van der Waals surface area contributed by atoms with Crippen molar-refractivity contribution in [3.63, 3.8) is 0 Å². The monoisotopic (exact) mass is 451 g/mol. The lowest BCUT2D eigenvalue weighted by atomic mass is 10.1. The number of primary amides is 1. The molecule has 0 saturated carbocycles. The third-order valence-corrected chi connectivity index (χ3v) is 5.04. The van der Waals surface area contributed by atoms with Crippen LogP contribution in [-0.2, 0) is 18.3 Å². The van der Waals surface area contributed by atoms with Crippen LogP contribution in [-0.4, -0.2) is 39.9 Å². The highest BCUT2D eigenvalue weighted by atomic mass is 16.5. The molecule has 0 bridgehead atoms. The molecule has 1 aromatic carbocycles. The summed E-state index contributed by atoms with van der Waals surface area (Å²) in [7, 11) is 1.73. The summed E-state index contributed by atoms with van der Waals surface area (Å²) in [4.78, 5) is 41.5. The van der Waals surface area contributed by atoms with E-state index in [9.17, 15) is 14.4 Å². The third kappa shape index (κ3) is 5.31. The van der Waals surface area contributed by atoms with Crippen LogP contribution in [0.1, 0.15) is 53.7 Å². The number of rotatable bonds is 9. The fraction of sp³-hybridized carbons (Fsp3) is 0.333. The maximum atomic E-state index is 13.0. The van der Waals surface area contributed by atoms with Gasteiger partial charge in [0.2, 0.25) is 5.91 Å². The molecule has 0 aliphatic rings. The molecule has 0 fully saturated rings. The van der Waals surface area contributed by atoms with Crippen LogP contribution >= 0.6 is 0 Å². The predicted molar refractivity (Wildman–Crippen MR) is 126 cm³/mol. The number of carbonyl (C=O) groups excluding carboxylic acids is 3. The second-order valence-electron chi connectivity index (χ2n) is 7.90. The van der Waals surface area contributed by atoms with Gasteiger partial charge in [0.15, 0.2) is 11.4 Å². The van der Waals surface area contributed by atoms with Gasteiger partial charge >= 0.3 is 0 Å². The summed E-state index contributed by atoms with van der Waals surface area (Å²) in [6.45, 7) is 5.78. The van der Waals surface area contributed by atoms with E-state index in [2.05, 4.69) is 10.6 Å². The number of aromatic nitrogens is 2. The number of benzene rings is 1. The molecule has 0 aliphatic heterocycles. The fourth-order valence-corrected chi connectivity index (χ4v) is 3.50. The van der Waals surface area contributed by atoms with Crippen molar-refractivity contribution in [3.8, 4) is 5.75 Å². The molecule has 2 aromatic heterocycles. The second-order valence-corrected chi connectivity index (χ2v) is 7.90. The molecule has 0 saturated heterocycles. The van der Waals surface area contributed by atoms with Gasteiger partial charge in [-0.1, -0.05) is 25.1 Å². The molecule has 33 heavy (non-hydrogen) atoms. The van der Waals surface area contributed by atoms with E-state index in [4.69, 9.17) is 15.5 Å². The van der Waals surface area contributed by atoms with Crippen molar-refractivity contribution >= 4 is 34.4 Å². The van der Waals surface area contributed by atoms with E-state index in [0.29, 0.717) is 40.1 Å². The van der Waals surface area contributed by atoms with Crippen LogP contribution in [0.5, 0.6) is 5.75 Å². The molecule has 174 valence electrons. The second kappa shape index (κ2) is 10.2. The minimum absolute atomic E-state index is 0.0317. The number of fused-ring (bicyclic) bond motifs is 1. The number of ether oxygens (including phenoxy) is 1. The first-order chi connectivity index (χ1) is 15.7. The van der Waals surface area contributed by atoms with Gasteiger partial charge in [-0.25, -0.2) is 4.98 Å². The average molecular weight is 452 g/mol. The molecule has 3 aromatic rings. The van der Waals surface area contributed by atoms with Gasteiger partial charge in [0.05, 0.1) is 22.9 Å². The summed E-state index contributed by atoms with van der Waals surface area (Å²) in [6.07, 6.45) is 0.400. The Kier molecular flexibility index (Phi) is 7.32. The number of aryl methyl sites for hydroxylation is 2. The summed E-state index contributed by atoms with van der Waals surface area (Å²) < 4.78 is 7.68. The zero-order valence-electron chi connectivity index (χ0n) is 19.3. The van der Waals surface area contributed by atoms with E-state index in [1.807, 2.05) is 26.8 Å². The average Bonchev–Trinajstić information content (AvgIpc) is 3.03. The molecule has 3 amide bonds. The minimum Gasteiger partial charge on any atom is -0.488 e. The van der Waals surface area contributed by atoms with Crippen molar-refractivity contribution < 1.29 is 19.1 Å². The molecular formula is C24H29N5O4. The van der Waals surface area contributed by atoms with E-state index in [0.717, 1.165) is 0 Å². The summed E-state index contributed by atoms with van der Waals surface area (Å²) in [5.74, 6) is -0.790. The molecule has 0 unspecified atom stereocenters. The molecule has 2 heterocycles. The van der Waals surface area contributed by atoms with Crippen molar-refractivity contribution in [2.24, 2.45) is 12.8 Å². The molecule has 0 atom stereocenters. The molecular weight excluding hydrogens is 422 g/mol. The largest absolute Gasteiger partial charge is 0.488 e. The van der Waals surface area contributed by atoms with Gasteiger partial charge < -0.3 is 25.7 Å². The van der Waals surface area contributed by atoms with Gasteiger partial charge in [-0.15, -0.1) is 0 Å². The van der Waals surface area contributed by atoms with Crippen LogP contribution in [0.15, 0.2) is 36.4 Å². The normalized spacial score (nSPS) is 10.9. The minimum atomic E-state index is -0.501. The Balaban J connectivity index is 2.07. The third-order valence-electron chi connectivity index (χ3n) is 5.04. The molecule has 0 radical (unpaired) electrons. The fourth-order valence-electron chi connectivity index (χ4n) is 3.50. The zero-order valence-corrected chi connectivity index (χ0v) is 19.3. The Morgan fingerprint density at radius 3 is 2.45 bits per heavy atom. The first kappa shape index (κ1) is 23.8. The Hall–Kier alpha value is -3.88. The van der Waals surface area contributed by atoms with Crippen LogP contribution in [0.4, 0.5) is 5.69 Å². The summed E-state index contributed by atoms with van der Waals surface area (Å²) in [5, 5.41) is 6.25. The first-order valence-electron chi connectivity index (χ1n) is 10.8. The van der Waals surface area contributed by atoms with Crippen molar-refractivity contribution in [1.29, 1.82) is 0 Å². The van der Waals surface area contributed by atoms with Crippen molar-refractivity contribution in [2.45, 2.75) is 39.7 Å². The van der Waals surface area contributed by atoms with Gasteiger partial charge in [-0.05, 0) is 38.5 Å². The number of hydrogen-bond donors (Lipinski definition) is 3. The Morgan fingerprint density at radius 2 is 1.85 bits per heavy atom. The first-order valence-corrected chi connectivity index (χ1v) is 10.8. The van der Waals surface area contributed by atoms with Gasteiger partial charge in [0, 0.05) is 25.6 Å². The van der Waals surface area contributed by atoms with E-state index in [1.165, 1.54) is 0 Å². The Labute approximate surface area is 192 Å². The lowest BCUT2D eigenvalue weighted by molar-refractivity contribution is -0.117. The molecule has 9 nitrogen and oxygen atoms in total. The quantitative estimate of drug-likeness (QED) is 0.461. The zero-order chi connectivity index (χ0) is 24.1. The number of nitrogens with one attached hydrogen (secondary N) is 2. The van der Waals surface area contributed by atoms with E-state index in [1.54, 1.807) is 41.9 Å². The summed E-state index contributed by atoms with van der Waals surface area (Å²) >= 11 is 0. The van der Waals surface area contributed by atoms with Crippen LogP contribution in [0.25, 0.3) is 11.0 Å². The van der Waals surface area contributed by atoms with E-state index < -0.39 is 11.8 Å². The number of anilines is 1. The maximum absolute atomic E-state index is 13.0. The summed E-state index contributed by atoms with van der Waals surface area (Å²) in [5.41, 5.74) is 7.77. The molecule has 9 heteroatoms. The molecule has 3 rings (SSSR count). The van der Waals surface area contributed by atoms with Crippen LogP contribution < -0.4 is 21.1 Å². The number of nitrogens with two attached hydrogens (primary N) is 1. The molecule has 0 spiro atoms. The Bertz CT molecular complexity index is 1180. The molecule has 0 aliphatic carbocycles. The van der Waals surface area contributed by atoms with Gasteiger partial charge in [0.25, 0.3) is 11.8 Å². The van der Waals surface area contributed by atoms with Crippen LogP contribution in [0.2, 0.25) is 0 Å². The Morgan fingerprint density at radius 1 is 1.15 bits per heavy atom. The van der Waals surface area contributed by atoms with E-state index >= 15 is 0 Å². The van der Waals surface area contributed by atoms with Crippen molar-refractivity contribution in [3.05, 3.63) is 53.3 Å². The lowest BCUT2D eigenvalue weighted by Crippen LogP contribution is -2.29. The lowest BCUT2D eigenvalue weighted by Gasteiger charge is -2.13. The van der Waals surface area contributed by atoms with Crippen LogP contribution in [0.3, 0.4) is 0 Å². The number of carbonyl (C=O) groups is 3. The SMILES string of the molecule is CCc1nc2c(cc1NC(=O)c1ccccc1)c(OC(C)C)c(C(=O)NCCC(N)=O)n2C. The number of nitrogens with zero attached hydrogens (tertiary/aromatic N) is 2. The topological polar surface area (TPSA) is 128 Å². The van der Waals surface area contributed by atoms with Gasteiger partial charge in [-0.2, -0.15) is 0 Å². The standard InChI is InChI=1S/C24H29N5O4/c1-5-17-18(28-23(31)15-9-7-6-8-10-15)13-16-21(33-14(2)3)20(29(4)22(16)27-17)24(32)26-12-11-19(25)30/h6-10,13-14H,5,11-12H2,1-4H3,(H2,25,30)(H,26,32)(H,28,31). The predicted octanol–water partition coefficient (Wildman–Crippen LogP) is 2.78. The van der Waals surface area contributed by atoms with Gasteiger partial charge in [0.1, 0.15) is 5.65 Å². The maximum Gasteiger partial charge on any atom is 0.271 e.